The Kier molecular flexibility index (Phi) is 5.71. The van der Waals surface area contributed by atoms with Crippen LogP contribution in [0, 0.1) is 5.92 Å². The van der Waals surface area contributed by atoms with Crippen LogP contribution in [0.1, 0.15) is 18.4 Å². The Morgan fingerprint density at radius 1 is 1.00 bits per heavy atom. The van der Waals surface area contributed by atoms with Crippen molar-refractivity contribution in [3.05, 3.63) is 59.4 Å². The zero-order valence-corrected chi connectivity index (χ0v) is 16.6. The first kappa shape index (κ1) is 19.1. The first-order chi connectivity index (χ1) is 13.7. The van der Waals surface area contributed by atoms with Gasteiger partial charge in [0.25, 0.3) is 0 Å². The number of pyridine rings is 1. The number of fused-ring (bicyclic) bond motifs is 1. The Labute approximate surface area is 169 Å². The molecule has 28 heavy (non-hydrogen) atoms. The van der Waals surface area contributed by atoms with Crippen LogP contribution in [0.25, 0.3) is 0 Å². The summed E-state index contributed by atoms with van der Waals surface area (Å²) in [4.78, 5) is 13.9. The summed E-state index contributed by atoms with van der Waals surface area (Å²) in [5, 5.41) is 4.11. The molecule has 2 aliphatic rings. The van der Waals surface area contributed by atoms with Gasteiger partial charge in [-0.3, -0.25) is 9.98 Å². The smallest absolute Gasteiger partial charge is 0.158 e. The second-order valence-corrected chi connectivity index (χ2v) is 7.39. The molecule has 4 atom stereocenters. The summed E-state index contributed by atoms with van der Waals surface area (Å²) in [5.41, 5.74) is 1.77. The first-order valence-corrected chi connectivity index (χ1v) is 9.71. The van der Waals surface area contributed by atoms with Crippen LogP contribution in [-0.2, 0) is 9.47 Å². The molecule has 7 heteroatoms. The highest BCUT2D eigenvalue weighted by Crippen LogP contribution is 2.35. The number of halogens is 1. The Balaban J connectivity index is 1.72. The van der Waals surface area contributed by atoms with E-state index in [4.69, 9.17) is 31.1 Å². The van der Waals surface area contributed by atoms with E-state index in [1.54, 1.807) is 26.6 Å². The largest absolute Gasteiger partial charge is 0.379 e. The maximum Gasteiger partial charge on any atom is 0.158 e. The van der Waals surface area contributed by atoms with Crippen molar-refractivity contribution in [3.63, 3.8) is 0 Å². The van der Waals surface area contributed by atoms with Crippen LogP contribution in [0.15, 0.2) is 58.8 Å². The van der Waals surface area contributed by atoms with Crippen molar-refractivity contribution < 1.29 is 9.47 Å². The van der Waals surface area contributed by atoms with Gasteiger partial charge in [0.2, 0.25) is 0 Å². The lowest BCUT2D eigenvalue weighted by atomic mass is 9.79. The number of ether oxygens (including phenoxy) is 2. The van der Waals surface area contributed by atoms with E-state index in [1.165, 1.54) is 0 Å². The number of aromatic nitrogens is 1. The fraction of sp³-hybridized carbons (Fsp3) is 0.381. The van der Waals surface area contributed by atoms with Gasteiger partial charge in [0.1, 0.15) is 5.84 Å². The van der Waals surface area contributed by atoms with E-state index in [2.05, 4.69) is 10.3 Å². The summed E-state index contributed by atoms with van der Waals surface area (Å²) in [5.74, 6) is 1.64. The fourth-order valence-electron chi connectivity index (χ4n) is 3.90. The second kappa shape index (κ2) is 8.39. The molecular weight excluding hydrogens is 376 g/mol. The summed E-state index contributed by atoms with van der Waals surface area (Å²) in [6, 6.07) is 11.5. The highest BCUT2D eigenvalue weighted by atomic mass is 35.5. The highest BCUT2D eigenvalue weighted by Gasteiger charge is 2.42. The number of amidine groups is 2. The Hall–Kier alpha value is -2.28. The summed E-state index contributed by atoms with van der Waals surface area (Å²) in [7, 11) is 3.45. The molecule has 1 aliphatic heterocycles. The van der Waals surface area contributed by atoms with Crippen LogP contribution >= 0.6 is 11.6 Å². The number of aliphatic imine (C=N–C) groups is 2. The Bertz CT molecular complexity index is 887. The number of hydrogen-bond acceptors (Lipinski definition) is 6. The predicted octanol–water partition coefficient (Wildman–Crippen LogP) is 3.81. The minimum Gasteiger partial charge on any atom is -0.379 e. The van der Waals surface area contributed by atoms with Gasteiger partial charge in [-0.1, -0.05) is 23.7 Å². The number of nitrogens with zero attached hydrogens (tertiary/aromatic N) is 3. The molecule has 1 aliphatic carbocycles. The molecule has 4 unspecified atom stereocenters. The number of methoxy groups -OCH3 is 2. The molecule has 1 fully saturated rings. The lowest BCUT2D eigenvalue weighted by molar-refractivity contribution is -0.0683. The van der Waals surface area contributed by atoms with Crippen LogP contribution in [0.3, 0.4) is 0 Å². The highest BCUT2D eigenvalue weighted by molar-refractivity contribution is 6.34. The van der Waals surface area contributed by atoms with Crippen molar-refractivity contribution >= 4 is 29.0 Å². The van der Waals surface area contributed by atoms with Gasteiger partial charge in [-0.25, -0.2) is 4.99 Å². The molecule has 1 aromatic heterocycles. The van der Waals surface area contributed by atoms with E-state index in [0.29, 0.717) is 10.9 Å². The van der Waals surface area contributed by atoms with Crippen LogP contribution in [0.4, 0.5) is 5.69 Å². The topological polar surface area (TPSA) is 68.1 Å². The van der Waals surface area contributed by atoms with Crippen LogP contribution in [0.2, 0.25) is 5.02 Å². The molecule has 0 saturated heterocycles. The molecule has 1 aromatic carbocycles. The van der Waals surface area contributed by atoms with Gasteiger partial charge in [0, 0.05) is 43.8 Å². The summed E-state index contributed by atoms with van der Waals surface area (Å²) >= 11 is 6.42. The number of hydrogen-bond donors (Lipinski definition) is 1. The van der Waals surface area contributed by atoms with Gasteiger partial charge < -0.3 is 14.8 Å². The summed E-state index contributed by atoms with van der Waals surface area (Å²) in [6.45, 7) is 0. The van der Waals surface area contributed by atoms with E-state index >= 15 is 0 Å². The fourth-order valence-corrected chi connectivity index (χ4v) is 4.13. The molecule has 4 rings (SSSR count). The quantitative estimate of drug-likeness (QED) is 0.850. The lowest BCUT2D eigenvalue weighted by Gasteiger charge is -2.40. The molecule has 0 bridgehead atoms. The maximum atomic E-state index is 6.42. The van der Waals surface area contributed by atoms with Crippen LogP contribution in [0.5, 0.6) is 0 Å². The molecule has 0 amide bonds. The van der Waals surface area contributed by atoms with E-state index in [1.807, 2.05) is 36.4 Å². The van der Waals surface area contributed by atoms with E-state index in [0.717, 1.165) is 29.9 Å². The number of anilines is 1. The SMILES string of the molecule is COC1CC2N=C(c3ccccc3Cl)N=C(Nc3ccncc3)C2CC1OC. The third kappa shape index (κ3) is 3.81. The Morgan fingerprint density at radius 2 is 1.71 bits per heavy atom. The van der Waals surface area contributed by atoms with Gasteiger partial charge in [0.05, 0.1) is 23.3 Å². The van der Waals surface area contributed by atoms with Crippen molar-refractivity contribution in [2.45, 2.75) is 31.1 Å². The average molecular weight is 399 g/mol. The van der Waals surface area contributed by atoms with Gasteiger partial charge in [-0.05, 0) is 37.1 Å². The van der Waals surface area contributed by atoms with Crippen molar-refractivity contribution in [3.8, 4) is 0 Å². The lowest BCUT2D eigenvalue weighted by Crippen LogP contribution is -2.49. The molecule has 2 heterocycles. The summed E-state index contributed by atoms with van der Waals surface area (Å²) < 4.78 is 11.4. The predicted molar refractivity (Wildman–Crippen MR) is 111 cm³/mol. The standard InChI is InChI=1S/C21H23ClN4O2/c1-27-18-11-15-17(12-19(18)28-2)25-20(14-5-3-4-6-16(14)22)26-21(15)24-13-7-9-23-10-8-13/h3-10,15,17-19H,11-12H2,1-2H3,(H,23,24,25,26). The minimum atomic E-state index is 0.00257. The van der Waals surface area contributed by atoms with Crippen molar-refractivity contribution in [1.29, 1.82) is 0 Å². The number of nitrogens with one attached hydrogen (secondary N) is 1. The molecule has 2 aromatic rings. The van der Waals surface area contributed by atoms with Crippen molar-refractivity contribution in [1.82, 2.24) is 4.98 Å². The molecule has 0 radical (unpaired) electrons. The van der Waals surface area contributed by atoms with Gasteiger partial charge in [0.15, 0.2) is 5.84 Å². The summed E-state index contributed by atoms with van der Waals surface area (Å²) in [6.07, 6.45) is 5.08. The normalized spacial score (nSPS) is 26.8. The maximum absolute atomic E-state index is 6.42. The molecule has 146 valence electrons. The van der Waals surface area contributed by atoms with Crippen molar-refractivity contribution in [2.24, 2.45) is 15.9 Å². The molecular formula is C21H23ClN4O2. The first-order valence-electron chi connectivity index (χ1n) is 9.33. The zero-order valence-electron chi connectivity index (χ0n) is 15.9. The van der Waals surface area contributed by atoms with Gasteiger partial charge in [-0.15, -0.1) is 0 Å². The third-order valence-electron chi connectivity index (χ3n) is 5.38. The van der Waals surface area contributed by atoms with Gasteiger partial charge >= 0.3 is 0 Å². The average Bonchev–Trinajstić information content (AvgIpc) is 2.73. The molecule has 0 spiro atoms. The third-order valence-corrected chi connectivity index (χ3v) is 5.71. The van der Waals surface area contributed by atoms with Gasteiger partial charge in [-0.2, -0.15) is 0 Å². The second-order valence-electron chi connectivity index (χ2n) is 6.98. The van der Waals surface area contributed by atoms with E-state index in [-0.39, 0.29) is 24.2 Å². The molecule has 1 N–H and O–H groups in total. The number of rotatable bonds is 4. The minimum absolute atomic E-state index is 0.00257. The Morgan fingerprint density at radius 3 is 2.43 bits per heavy atom. The zero-order chi connectivity index (χ0) is 19.5. The van der Waals surface area contributed by atoms with Crippen molar-refractivity contribution in [2.75, 3.05) is 19.5 Å². The number of benzene rings is 1. The van der Waals surface area contributed by atoms with E-state index < -0.39 is 0 Å². The monoisotopic (exact) mass is 398 g/mol. The van der Waals surface area contributed by atoms with Crippen LogP contribution in [-0.4, -0.2) is 49.1 Å². The van der Waals surface area contributed by atoms with E-state index in [9.17, 15) is 0 Å². The molecule has 6 nitrogen and oxygen atoms in total. The van der Waals surface area contributed by atoms with Crippen LogP contribution < -0.4 is 5.32 Å². The molecule has 1 saturated carbocycles.